The Balaban J connectivity index is 3.00. The molecule has 7 heteroatoms. The Morgan fingerprint density at radius 2 is 1.81 bits per heavy atom. The largest absolute Gasteiger partial charge is 0.409 e. The summed E-state index contributed by atoms with van der Waals surface area (Å²) in [5.41, 5.74) is 4.86. The highest BCUT2D eigenvalue weighted by molar-refractivity contribution is 6.07. The van der Waals surface area contributed by atoms with E-state index in [4.69, 9.17) is 10.9 Å². The summed E-state index contributed by atoms with van der Waals surface area (Å²) in [6.07, 6.45) is 3.89. The van der Waals surface area contributed by atoms with Crippen molar-refractivity contribution in [2.75, 3.05) is 27.2 Å². The first-order chi connectivity index (χ1) is 9.89. The molecule has 1 rings (SSSR count). The number of amides is 2. The number of carbonyl (C=O) groups excluding carboxylic acids is 2. The fourth-order valence-electron chi connectivity index (χ4n) is 2.77. The van der Waals surface area contributed by atoms with E-state index < -0.39 is 5.41 Å². The molecule has 0 atom stereocenters. The number of rotatable bonds is 5. The van der Waals surface area contributed by atoms with Crippen molar-refractivity contribution in [1.29, 1.82) is 0 Å². The molecular weight excluding hydrogens is 272 g/mol. The molecule has 1 saturated carbocycles. The molecular formula is C14H26N4O3. The third-order valence-corrected chi connectivity index (χ3v) is 4.21. The Morgan fingerprint density at radius 3 is 2.24 bits per heavy atom. The molecule has 3 N–H and O–H groups in total. The summed E-state index contributed by atoms with van der Waals surface area (Å²) in [6, 6.07) is 0. The average molecular weight is 298 g/mol. The monoisotopic (exact) mass is 298 g/mol. The molecule has 1 fully saturated rings. The highest BCUT2D eigenvalue weighted by atomic mass is 16.4. The molecule has 0 radical (unpaired) electrons. The van der Waals surface area contributed by atoms with Crippen LogP contribution in [0, 0.1) is 5.41 Å². The van der Waals surface area contributed by atoms with Crippen molar-refractivity contribution >= 4 is 17.6 Å². The molecule has 2 amide bonds. The van der Waals surface area contributed by atoms with Crippen LogP contribution in [0.25, 0.3) is 0 Å². The van der Waals surface area contributed by atoms with Gasteiger partial charge >= 0.3 is 0 Å². The quantitative estimate of drug-likeness (QED) is 0.336. The molecule has 0 unspecified atom stereocenters. The zero-order valence-electron chi connectivity index (χ0n) is 13.1. The van der Waals surface area contributed by atoms with Crippen LogP contribution in [0.2, 0.25) is 0 Å². The van der Waals surface area contributed by atoms with Gasteiger partial charge in [-0.25, -0.2) is 0 Å². The molecule has 120 valence electrons. The Kier molecular flexibility index (Phi) is 5.99. The van der Waals surface area contributed by atoms with Crippen molar-refractivity contribution in [3.63, 3.8) is 0 Å². The summed E-state index contributed by atoms with van der Waals surface area (Å²) in [5, 5.41) is 12.1. The van der Waals surface area contributed by atoms with Crippen molar-refractivity contribution in [3.8, 4) is 0 Å². The molecule has 0 bridgehead atoms. The molecule has 1 aliphatic rings. The number of nitrogens with two attached hydrogens (primary N) is 1. The number of oxime groups is 1. The van der Waals surface area contributed by atoms with Crippen molar-refractivity contribution in [2.24, 2.45) is 16.3 Å². The van der Waals surface area contributed by atoms with Crippen molar-refractivity contribution < 1.29 is 14.8 Å². The van der Waals surface area contributed by atoms with Crippen LogP contribution >= 0.6 is 0 Å². The van der Waals surface area contributed by atoms with Gasteiger partial charge in [0.25, 0.3) is 0 Å². The number of hydrogen-bond donors (Lipinski definition) is 2. The van der Waals surface area contributed by atoms with Crippen LogP contribution in [-0.4, -0.2) is 59.8 Å². The first kappa shape index (κ1) is 17.3. The molecule has 0 aromatic carbocycles. The molecule has 0 spiro atoms. The molecule has 1 aliphatic carbocycles. The highest BCUT2D eigenvalue weighted by Gasteiger charge is 2.46. The summed E-state index contributed by atoms with van der Waals surface area (Å²) in [6.45, 7) is 2.26. The van der Waals surface area contributed by atoms with Gasteiger partial charge in [-0.05, 0) is 19.8 Å². The summed E-state index contributed by atoms with van der Waals surface area (Å²) in [5.74, 6) is -0.395. The lowest BCUT2D eigenvalue weighted by molar-refractivity contribution is -0.144. The summed E-state index contributed by atoms with van der Waals surface area (Å²) in [7, 11) is 3.31. The first-order valence-electron chi connectivity index (χ1n) is 7.36. The molecule has 21 heavy (non-hydrogen) atoms. The van der Waals surface area contributed by atoms with Crippen LogP contribution in [-0.2, 0) is 9.59 Å². The maximum atomic E-state index is 12.9. The molecule has 0 aliphatic heterocycles. The van der Waals surface area contributed by atoms with Crippen LogP contribution in [0.3, 0.4) is 0 Å². The number of likely N-dealkylation sites (N-methyl/N-ethyl adjacent to an activating group) is 2. The van der Waals surface area contributed by atoms with E-state index in [1.807, 2.05) is 6.92 Å². The van der Waals surface area contributed by atoms with Crippen LogP contribution in [0.15, 0.2) is 5.16 Å². The molecule has 0 aromatic heterocycles. The van der Waals surface area contributed by atoms with Crippen LogP contribution in [0.1, 0.15) is 39.0 Å². The van der Waals surface area contributed by atoms with Gasteiger partial charge in [0.1, 0.15) is 5.41 Å². The van der Waals surface area contributed by atoms with Crippen LogP contribution in [0.5, 0.6) is 0 Å². The minimum absolute atomic E-state index is 0.0167. The van der Waals surface area contributed by atoms with E-state index in [1.54, 1.807) is 14.1 Å². The van der Waals surface area contributed by atoms with Gasteiger partial charge in [-0.1, -0.05) is 24.4 Å². The zero-order valence-corrected chi connectivity index (χ0v) is 13.1. The smallest absolute Gasteiger partial charge is 0.241 e. The van der Waals surface area contributed by atoms with Crippen molar-refractivity contribution in [2.45, 2.75) is 39.0 Å². The number of nitrogens with zero attached hydrogens (tertiary/aromatic N) is 3. The second-order valence-corrected chi connectivity index (χ2v) is 5.74. The minimum Gasteiger partial charge on any atom is -0.409 e. The van der Waals surface area contributed by atoms with Gasteiger partial charge in [-0.15, -0.1) is 0 Å². The standard InChI is InChI=1S/C14H26N4O3/c1-4-18(10-11(19)17(2)3)13(20)14(12(15)16-21)8-6-5-7-9-14/h21H,4-10H2,1-3H3,(H2,15,16). The maximum absolute atomic E-state index is 12.9. The lowest BCUT2D eigenvalue weighted by Gasteiger charge is -2.38. The fourth-order valence-corrected chi connectivity index (χ4v) is 2.77. The Morgan fingerprint density at radius 1 is 1.24 bits per heavy atom. The van der Waals surface area contributed by atoms with Crippen LogP contribution < -0.4 is 5.73 Å². The van der Waals surface area contributed by atoms with E-state index >= 15 is 0 Å². The normalized spacial score (nSPS) is 18.1. The second kappa shape index (κ2) is 7.28. The Bertz CT molecular complexity index is 414. The van der Waals surface area contributed by atoms with Crippen molar-refractivity contribution in [1.82, 2.24) is 9.80 Å². The van der Waals surface area contributed by atoms with Gasteiger partial charge in [0.15, 0.2) is 5.84 Å². The SMILES string of the molecule is CCN(CC(=O)N(C)C)C(=O)C1(C(N)=NO)CCCCC1. The van der Waals surface area contributed by atoms with Gasteiger partial charge in [0.05, 0.1) is 6.54 Å². The van der Waals surface area contributed by atoms with E-state index in [0.717, 1.165) is 19.3 Å². The Labute approximate surface area is 125 Å². The Hall–Kier alpha value is -1.79. The van der Waals surface area contributed by atoms with Gasteiger partial charge in [0, 0.05) is 20.6 Å². The summed E-state index contributed by atoms with van der Waals surface area (Å²) in [4.78, 5) is 27.7. The lowest BCUT2D eigenvalue weighted by atomic mass is 9.72. The predicted octanol–water partition coefficient (Wildman–Crippen LogP) is 0.620. The van der Waals surface area contributed by atoms with E-state index in [0.29, 0.717) is 19.4 Å². The van der Waals surface area contributed by atoms with Gasteiger partial charge < -0.3 is 20.7 Å². The zero-order chi connectivity index (χ0) is 16.0. The highest BCUT2D eigenvalue weighted by Crippen LogP contribution is 2.38. The van der Waals surface area contributed by atoms with Crippen molar-refractivity contribution in [3.05, 3.63) is 0 Å². The topological polar surface area (TPSA) is 99.2 Å². The molecule has 0 aromatic rings. The third kappa shape index (κ3) is 3.65. The van der Waals surface area contributed by atoms with E-state index in [2.05, 4.69) is 5.16 Å². The summed E-state index contributed by atoms with van der Waals surface area (Å²) < 4.78 is 0. The number of hydrogen-bond acceptors (Lipinski definition) is 4. The van der Waals surface area contributed by atoms with Crippen LogP contribution in [0.4, 0.5) is 0 Å². The minimum atomic E-state index is -0.963. The van der Waals surface area contributed by atoms with Gasteiger partial charge in [-0.3, -0.25) is 9.59 Å². The molecule has 0 saturated heterocycles. The van der Waals surface area contributed by atoms with E-state index in [1.165, 1.54) is 9.80 Å². The number of amidine groups is 1. The third-order valence-electron chi connectivity index (χ3n) is 4.21. The average Bonchev–Trinajstić information content (AvgIpc) is 2.51. The molecule has 0 heterocycles. The summed E-state index contributed by atoms with van der Waals surface area (Å²) >= 11 is 0. The molecule has 7 nitrogen and oxygen atoms in total. The van der Waals surface area contributed by atoms with Gasteiger partial charge in [0.2, 0.25) is 11.8 Å². The fraction of sp³-hybridized carbons (Fsp3) is 0.786. The maximum Gasteiger partial charge on any atom is 0.241 e. The van der Waals surface area contributed by atoms with E-state index in [-0.39, 0.29) is 24.2 Å². The predicted molar refractivity (Wildman–Crippen MR) is 79.9 cm³/mol. The van der Waals surface area contributed by atoms with E-state index in [9.17, 15) is 9.59 Å². The number of carbonyl (C=O) groups is 2. The second-order valence-electron chi connectivity index (χ2n) is 5.74. The lowest BCUT2D eigenvalue weighted by Crippen LogP contribution is -2.54. The first-order valence-corrected chi connectivity index (χ1v) is 7.36. The van der Waals surface area contributed by atoms with Gasteiger partial charge in [-0.2, -0.15) is 0 Å².